The molecular weight excluding hydrogens is 291 g/mol. The highest BCUT2D eigenvalue weighted by Gasteiger charge is 2.08. The van der Waals surface area contributed by atoms with Crippen LogP contribution in [0.1, 0.15) is 11.1 Å². The first kappa shape index (κ1) is 15.6. The van der Waals surface area contributed by atoms with Crippen LogP contribution in [0.4, 0.5) is 4.39 Å². The van der Waals surface area contributed by atoms with E-state index in [1.54, 1.807) is 24.4 Å². The van der Waals surface area contributed by atoms with E-state index in [1.807, 2.05) is 30.3 Å². The van der Waals surface area contributed by atoms with Crippen molar-refractivity contribution in [1.29, 1.82) is 0 Å². The van der Waals surface area contributed by atoms with E-state index in [0.717, 1.165) is 11.1 Å². The summed E-state index contributed by atoms with van der Waals surface area (Å²) in [5.74, 6) is -0.263. The summed E-state index contributed by atoms with van der Waals surface area (Å²) in [6.45, 7) is 1.01. The van der Waals surface area contributed by atoms with Gasteiger partial charge in [0.05, 0.1) is 11.6 Å². The van der Waals surface area contributed by atoms with E-state index in [2.05, 4.69) is 10.3 Å². The molecule has 118 valence electrons. The topological polar surface area (TPSA) is 45.1 Å². The predicted molar refractivity (Wildman–Crippen MR) is 89.6 cm³/mol. The van der Waals surface area contributed by atoms with E-state index in [9.17, 15) is 9.50 Å². The molecule has 3 aromatic rings. The van der Waals surface area contributed by atoms with E-state index in [0.29, 0.717) is 30.4 Å². The molecule has 23 heavy (non-hydrogen) atoms. The standard InChI is InChI=1S/C19H19FN2O/c20-18-9-8-15(19-17(18)7-4-10-22-19)12-21-13-16(23)11-14-5-2-1-3-6-14/h1-10,16,21,23H,11-13H2. The molecule has 1 atom stereocenters. The molecule has 0 spiro atoms. The molecule has 3 rings (SSSR count). The lowest BCUT2D eigenvalue weighted by Crippen LogP contribution is -2.28. The molecule has 0 fully saturated rings. The van der Waals surface area contributed by atoms with Gasteiger partial charge in [-0.3, -0.25) is 4.98 Å². The fraction of sp³-hybridized carbons (Fsp3) is 0.211. The minimum atomic E-state index is -0.461. The molecule has 1 unspecified atom stereocenters. The van der Waals surface area contributed by atoms with Gasteiger partial charge >= 0.3 is 0 Å². The maximum absolute atomic E-state index is 13.8. The van der Waals surface area contributed by atoms with Crippen molar-refractivity contribution < 1.29 is 9.50 Å². The molecule has 1 aromatic heterocycles. The van der Waals surface area contributed by atoms with Crippen molar-refractivity contribution in [2.24, 2.45) is 0 Å². The molecule has 1 heterocycles. The fourth-order valence-corrected chi connectivity index (χ4v) is 2.67. The first-order valence-electron chi connectivity index (χ1n) is 7.69. The summed E-state index contributed by atoms with van der Waals surface area (Å²) in [5.41, 5.74) is 2.70. The van der Waals surface area contributed by atoms with Crippen molar-refractivity contribution >= 4 is 10.9 Å². The summed E-state index contributed by atoms with van der Waals surface area (Å²) in [6.07, 6.45) is 1.81. The van der Waals surface area contributed by atoms with Gasteiger partial charge in [0.25, 0.3) is 0 Å². The zero-order valence-electron chi connectivity index (χ0n) is 12.7. The van der Waals surface area contributed by atoms with Crippen LogP contribution < -0.4 is 5.32 Å². The summed E-state index contributed by atoms with van der Waals surface area (Å²) < 4.78 is 13.8. The second kappa shape index (κ2) is 7.31. The minimum absolute atomic E-state index is 0.263. The van der Waals surface area contributed by atoms with Crippen LogP contribution in [0.15, 0.2) is 60.8 Å². The van der Waals surface area contributed by atoms with Gasteiger partial charge in [0.2, 0.25) is 0 Å². The third-order valence-electron chi connectivity index (χ3n) is 3.81. The number of fused-ring (bicyclic) bond motifs is 1. The third-order valence-corrected chi connectivity index (χ3v) is 3.81. The van der Waals surface area contributed by atoms with Crippen LogP contribution in [0.5, 0.6) is 0 Å². The number of nitrogens with zero attached hydrogens (tertiary/aromatic N) is 1. The number of hydrogen-bond donors (Lipinski definition) is 2. The van der Waals surface area contributed by atoms with Crippen LogP contribution in [-0.2, 0) is 13.0 Å². The highest BCUT2D eigenvalue weighted by Crippen LogP contribution is 2.19. The summed E-state index contributed by atoms with van der Waals surface area (Å²) in [5, 5.41) is 13.8. The van der Waals surface area contributed by atoms with Gasteiger partial charge in [-0.1, -0.05) is 36.4 Å². The zero-order chi connectivity index (χ0) is 16.1. The summed E-state index contributed by atoms with van der Waals surface area (Å²) >= 11 is 0. The van der Waals surface area contributed by atoms with Gasteiger partial charge in [0, 0.05) is 24.7 Å². The average Bonchev–Trinajstić information content (AvgIpc) is 2.58. The molecule has 4 heteroatoms. The Morgan fingerprint density at radius 2 is 1.87 bits per heavy atom. The van der Waals surface area contributed by atoms with Crippen molar-refractivity contribution in [3.8, 4) is 0 Å². The maximum atomic E-state index is 13.8. The van der Waals surface area contributed by atoms with Crippen LogP contribution in [-0.4, -0.2) is 22.7 Å². The molecule has 0 bridgehead atoms. The predicted octanol–water partition coefficient (Wildman–Crippen LogP) is 3.07. The maximum Gasteiger partial charge on any atom is 0.132 e. The Kier molecular flexibility index (Phi) is 4.95. The highest BCUT2D eigenvalue weighted by atomic mass is 19.1. The van der Waals surface area contributed by atoms with Crippen LogP contribution >= 0.6 is 0 Å². The molecule has 2 N–H and O–H groups in total. The van der Waals surface area contributed by atoms with Crippen molar-refractivity contribution in [2.75, 3.05) is 6.54 Å². The number of hydrogen-bond acceptors (Lipinski definition) is 3. The Balaban J connectivity index is 1.60. The molecule has 0 aliphatic rings. The monoisotopic (exact) mass is 310 g/mol. The Morgan fingerprint density at radius 3 is 2.70 bits per heavy atom. The van der Waals surface area contributed by atoms with Gasteiger partial charge < -0.3 is 10.4 Å². The SMILES string of the molecule is OC(CNCc1ccc(F)c2cccnc12)Cc1ccccc1. The zero-order valence-corrected chi connectivity index (χ0v) is 12.7. The van der Waals surface area contributed by atoms with E-state index in [4.69, 9.17) is 0 Å². The van der Waals surface area contributed by atoms with Gasteiger partial charge in [-0.25, -0.2) is 4.39 Å². The molecular formula is C19H19FN2O. The first-order valence-corrected chi connectivity index (χ1v) is 7.69. The molecule has 0 saturated carbocycles. The highest BCUT2D eigenvalue weighted by molar-refractivity contribution is 5.82. The number of rotatable bonds is 6. The van der Waals surface area contributed by atoms with Gasteiger partial charge in [-0.15, -0.1) is 0 Å². The first-order chi connectivity index (χ1) is 11.2. The van der Waals surface area contributed by atoms with Gasteiger partial charge in [-0.2, -0.15) is 0 Å². The molecule has 2 aromatic carbocycles. The molecule has 0 aliphatic heterocycles. The number of aliphatic hydroxyl groups excluding tert-OH is 1. The second-order valence-corrected chi connectivity index (χ2v) is 5.58. The van der Waals surface area contributed by atoms with Gasteiger partial charge in [0.15, 0.2) is 0 Å². The largest absolute Gasteiger partial charge is 0.391 e. The minimum Gasteiger partial charge on any atom is -0.391 e. The van der Waals surface area contributed by atoms with Crippen LogP contribution in [0.3, 0.4) is 0 Å². The molecule has 0 radical (unpaired) electrons. The lowest BCUT2D eigenvalue weighted by molar-refractivity contribution is 0.171. The molecule has 0 amide bonds. The number of aromatic nitrogens is 1. The summed E-state index contributed by atoms with van der Waals surface area (Å²) in [4.78, 5) is 4.27. The third kappa shape index (κ3) is 3.92. The van der Waals surface area contributed by atoms with E-state index in [-0.39, 0.29) is 5.82 Å². The van der Waals surface area contributed by atoms with E-state index < -0.39 is 6.10 Å². The Bertz CT molecular complexity index is 777. The molecule has 0 aliphatic carbocycles. The summed E-state index contributed by atoms with van der Waals surface area (Å²) in [7, 11) is 0. The van der Waals surface area contributed by atoms with E-state index in [1.165, 1.54) is 6.07 Å². The Labute approximate surface area is 134 Å². The number of aliphatic hydroxyl groups is 1. The molecule has 3 nitrogen and oxygen atoms in total. The lowest BCUT2D eigenvalue weighted by atomic mass is 10.1. The smallest absolute Gasteiger partial charge is 0.132 e. The van der Waals surface area contributed by atoms with Crippen molar-refractivity contribution in [1.82, 2.24) is 10.3 Å². The van der Waals surface area contributed by atoms with Crippen LogP contribution in [0, 0.1) is 5.82 Å². The van der Waals surface area contributed by atoms with Gasteiger partial charge in [0.1, 0.15) is 5.82 Å². The molecule has 0 saturated heterocycles. The van der Waals surface area contributed by atoms with E-state index >= 15 is 0 Å². The number of halogens is 1. The lowest BCUT2D eigenvalue weighted by Gasteiger charge is -2.13. The normalized spacial score (nSPS) is 12.4. The Hall–Kier alpha value is -2.30. The van der Waals surface area contributed by atoms with Crippen molar-refractivity contribution in [2.45, 2.75) is 19.1 Å². The van der Waals surface area contributed by atoms with Crippen molar-refractivity contribution in [3.05, 3.63) is 77.7 Å². The Morgan fingerprint density at radius 1 is 1.04 bits per heavy atom. The average molecular weight is 310 g/mol. The second-order valence-electron chi connectivity index (χ2n) is 5.58. The quantitative estimate of drug-likeness (QED) is 0.735. The van der Waals surface area contributed by atoms with Crippen LogP contribution in [0.2, 0.25) is 0 Å². The number of pyridine rings is 1. The fourth-order valence-electron chi connectivity index (χ4n) is 2.67. The number of nitrogens with one attached hydrogen (secondary N) is 1. The van der Waals surface area contributed by atoms with Gasteiger partial charge in [-0.05, 0) is 35.7 Å². The van der Waals surface area contributed by atoms with Crippen LogP contribution in [0.25, 0.3) is 10.9 Å². The summed E-state index contributed by atoms with van der Waals surface area (Å²) in [6, 6.07) is 16.5. The number of benzene rings is 2. The van der Waals surface area contributed by atoms with Crippen molar-refractivity contribution in [3.63, 3.8) is 0 Å².